The third-order valence-corrected chi connectivity index (χ3v) is 3.38. The SMILES string of the molecule is COc1ccc(-n2cnc(-c3ccccc3)c2)cc1CO. The highest BCUT2D eigenvalue weighted by atomic mass is 16.5. The average Bonchev–Trinajstić information content (AvgIpc) is 3.05. The van der Waals surface area contributed by atoms with Gasteiger partial charge in [-0.05, 0) is 18.2 Å². The fraction of sp³-hybridized carbons (Fsp3) is 0.118. The molecule has 21 heavy (non-hydrogen) atoms. The first-order valence-corrected chi connectivity index (χ1v) is 6.69. The number of hydrogen-bond donors (Lipinski definition) is 1. The van der Waals surface area contributed by atoms with Crippen molar-refractivity contribution in [1.29, 1.82) is 0 Å². The molecule has 0 unspecified atom stereocenters. The minimum atomic E-state index is -0.0583. The summed E-state index contributed by atoms with van der Waals surface area (Å²) >= 11 is 0. The number of hydrogen-bond acceptors (Lipinski definition) is 3. The second-order valence-electron chi connectivity index (χ2n) is 4.69. The first-order chi connectivity index (χ1) is 10.3. The Bertz CT molecular complexity index is 736. The molecule has 0 amide bonds. The molecular weight excluding hydrogens is 264 g/mol. The summed E-state index contributed by atoms with van der Waals surface area (Å²) < 4.78 is 7.15. The van der Waals surface area contributed by atoms with Crippen LogP contribution in [0, 0.1) is 0 Å². The second-order valence-corrected chi connectivity index (χ2v) is 4.69. The van der Waals surface area contributed by atoms with Crippen molar-refractivity contribution >= 4 is 0 Å². The molecule has 0 saturated heterocycles. The summed E-state index contributed by atoms with van der Waals surface area (Å²) in [6, 6.07) is 15.7. The Morgan fingerprint density at radius 2 is 1.95 bits per heavy atom. The Hall–Kier alpha value is -2.59. The predicted octanol–water partition coefficient (Wildman–Crippen LogP) is 3.04. The molecule has 4 heteroatoms. The van der Waals surface area contributed by atoms with Gasteiger partial charge in [0.2, 0.25) is 0 Å². The van der Waals surface area contributed by atoms with Crippen LogP contribution in [0.1, 0.15) is 5.56 Å². The van der Waals surface area contributed by atoms with Crippen molar-refractivity contribution in [3.05, 3.63) is 66.6 Å². The molecule has 4 nitrogen and oxygen atoms in total. The minimum Gasteiger partial charge on any atom is -0.496 e. The van der Waals surface area contributed by atoms with Crippen molar-refractivity contribution < 1.29 is 9.84 Å². The van der Waals surface area contributed by atoms with Crippen LogP contribution in [0.25, 0.3) is 16.9 Å². The van der Waals surface area contributed by atoms with E-state index in [1.807, 2.05) is 59.3 Å². The maximum Gasteiger partial charge on any atom is 0.124 e. The molecule has 0 aliphatic rings. The lowest BCUT2D eigenvalue weighted by Gasteiger charge is -2.09. The first kappa shape index (κ1) is 13.4. The van der Waals surface area contributed by atoms with Gasteiger partial charge in [-0.1, -0.05) is 30.3 Å². The molecule has 1 N–H and O–H groups in total. The highest BCUT2D eigenvalue weighted by Crippen LogP contribution is 2.23. The summed E-state index contributed by atoms with van der Waals surface area (Å²) in [6.45, 7) is -0.0583. The molecule has 3 aromatic rings. The molecule has 0 bridgehead atoms. The Morgan fingerprint density at radius 3 is 2.67 bits per heavy atom. The van der Waals surface area contributed by atoms with E-state index in [0.717, 1.165) is 22.5 Å². The van der Waals surface area contributed by atoms with Crippen LogP contribution in [-0.2, 0) is 6.61 Å². The summed E-state index contributed by atoms with van der Waals surface area (Å²) in [4.78, 5) is 4.43. The zero-order chi connectivity index (χ0) is 14.7. The van der Waals surface area contributed by atoms with E-state index in [-0.39, 0.29) is 6.61 Å². The summed E-state index contributed by atoms with van der Waals surface area (Å²) in [7, 11) is 1.60. The highest BCUT2D eigenvalue weighted by Gasteiger charge is 2.07. The molecular formula is C17H16N2O2. The maximum absolute atomic E-state index is 9.40. The van der Waals surface area contributed by atoms with Crippen LogP contribution in [0.15, 0.2) is 61.1 Å². The zero-order valence-electron chi connectivity index (χ0n) is 11.7. The van der Waals surface area contributed by atoms with Gasteiger partial charge in [0.15, 0.2) is 0 Å². The van der Waals surface area contributed by atoms with E-state index in [0.29, 0.717) is 5.75 Å². The van der Waals surface area contributed by atoms with Gasteiger partial charge in [0.05, 0.1) is 25.7 Å². The number of imidazole rings is 1. The molecule has 0 spiro atoms. The topological polar surface area (TPSA) is 47.3 Å². The van der Waals surface area contributed by atoms with Gasteiger partial charge in [0.25, 0.3) is 0 Å². The number of aromatic nitrogens is 2. The number of aliphatic hydroxyl groups excluding tert-OH is 1. The van der Waals surface area contributed by atoms with E-state index < -0.39 is 0 Å². The van der Waals surface area contributed by atoms with E-state index >= 15 is 0 Å². The number of nitrogens with zero attached hydrogens (tertiary/aromatic N) is 2. The maximum atomic E-state index is 9.40. The molecule has 0 aliphatic carbocycles. The van der Waals surface area contributed by atoms with Gasteiger partial charge < -0.3 is 14.4 Å². The van der Waals surface area contributed by atoms with Crippen molar-refractivity contribution in [1.82, 2.24) is 9.55 Å². The van der Waals surface area contributed by atoms with Crippen LogP contribution in [-0.4, -0.2) is 21.8 Å². The molecule has 1 aromatic heterocycles. The molecule has 0 atom stereocenters. The molecule has 0 fully saturated rings. The summed E-state index contributed by atoms with van der Waals surface area (Å²) in [5.74, 6) is 0.685. The van der Waals surface area contributed by atoms with E-state index in [1.165, 1.54) is 0 Å². The fourth-order valence-corrected chi connectivity index (χ4v) is 2.27. The molecule has 106 valence electrons. The Balaban J connectivity index is 1.97. The zero-order valence-corrected chi connectivity index (χ0v) is 11.7. The van der Waals surface area contributed by atoms with Crippen molar-refractivity contribution in [3.8, 4) is 22.7 Å². The number of benzene rings is 2. The van der Waals surface area contributed by atoms with E-state index in [9.17, 15) is 5.11 Å². The van der Waals surface area contributed by atoms with Gasteiger partial charge in [0.1, 0.15) is 5.75 Å². The Labute approximate surface area is 123 Å². The lowest BCUT2D eigenvalue weighted by Crippen LogP contribution is -1.96. The minimum absolute atomic E-state index is 0.0583. The highest BCUT2D eigenvalue weighted by molar-refractivity contribution is 5.59. The number of rotatable bonds is 4. The summed E-state index contributed by atoms with van der Waals surface area (Å²) in [5, 5.41) is 9.40. The van der Waals surface area contributed by atoms with Crippen LogP contribution < -0.4 is 4.74 Å². The molecule has 2 aromatic carbocycles. The van der Waals surface area contributed by atoms with Crippen LogP contribution in [0.5, 0.6) is 5.75 Å². The van der Waals surface area contributed by atoms with Crippen LogP contribution in [0.4, 0.5) is 0 Å². The third-order valence-electron chi connectivity index (χ3n) is 3.38. The second kappa shape index (κ2) is 5.81. The Kier molecular flexibility index (Phi) is 3.71. The molecule has 0 aliphatic heterocycles. The fourth-order valence-electron chi connectivity index (χ4n) is 2.27. The smallest absolute Gasteiger partial charge is 0.124 e. The molecule has 0 saturated carbocycles. The number of aliphatic hydroxyl groups is 1. The molecule has 0 radical (unpaired) electrons. The normalized spacial score (nSPS) is 10.6. The van der Waals surface area contributed by atoms with E-state index in [4.69, 9.17) is 4.74 Å². The van der Waals surface area contributed by atoms with Crippen LogP contribution in [0.2, 0.25) is 0 Å². The lowest BCUT2D eigenvalue weighted by atomic mass is 10.1. The van der Waals surface area contributed by atoms with Gasteiger partial charge in [-0.3, -0.25) is 0 Å². The standard InChI is InChI=1S/C17H16N2O2/c1-21-17-8-7-15(9-14(17)11-20)19-10-16(18-12-19)13-5-3-2-4-6-13/h2-10,12,20H,11H2,1H3. The number of ether oxygens (including phenoxy) is 1. The van der Waals surface area contributed by atoms with Crippen LogP contribution >= 0.6 is 0 Å². The summed E-state index contributed by atoms with van der Waals surface area (Å²) in [5.41, 5.74) is 3.68. The number of methoxy groups -OCH3 is 1. The van der Waals surface area contributed by atoms with Gasteiger partial charge in [-0.2, -0.15) is 0 Å². The summed E-state index contributed by atoms with van der Waals surface area (Å²) in [6.07, 6.45) is 3.74. The van der Waals surface area contributed by atoms with Crippen molar-refractivity contribution in [2.24, 2.45) is 0 Å². The first-order valence-electron chi connectivity index (χ1n) is 6.69. The molecule has 1 heterocycles. The predicted molar refractivity (Wildman–Crippen MR) is 81.5 cm³/mol. The van der Waals surface area contributed by atoms with E-state index in [1.54, 1.807) is 13.4 Å². The van der Waals surface area contributed by atoms with Gasteiger partial charge in [-0.25, -0.2) is 4.98 Å². The van der Waals surface area contributed by atoms with Crippen molar-refractivity contribution in [2.75, 3.05) is 7.11 Å². The largest absolute Gasteiger partial charge is 0.496 e. The van der Waals surface area contributed by atoms with E-state index in [2.05, 4.69) is 4.98 Å². The van der Waals surface area contributed by atoms with Gasteiger partial charge >= 0.3 is 0 Å². The third kappa shape index (κ3) is 2.66. The lowest BCUT2D eigenvalue weighted by molar-refractivity contribution is 0.273. The average molecular weight is 280 g/mol. The van der Waals surface area contributed by atoms with Gasteiger partial charge in [0, 0.05) is 23.0 Å². The van der Waals surface area contributed by atoms with Crippen LogP contribution in [0.3, 0.4) is 0 Å². The van der Waals surface area contributed by atoms with Crippen molar-refractivity contribution in [2.45, 2.75) is 6.61 Å². The Morgan fingerprint density at radius 1 is 1.14 bits per heavy atom. The quantitative estimate of drug-likeness (QED) is 0.799. The van der Waals surface area contributed by atoms with Gasteiger partial charge in [-0.15, -0.1) is 0 Å². The molecule has 3 rings (SSSR count). The van der Waals surface area contributed by atoms with Crippen molar-refractivity contribution in [3.63, 3.8) is 0 Å². The monoisotopic (exact) mass is 280 g/mol.